The molecule has 1 rings (SSSR count). The SMILES string of the molecule is C=C1C(CC(=O)O)CCCC1O[Si](C(C)C)(C(C)C)C(C)C. The van der Waals surface area contributed by atoms with Gasteiger partial charge >= 0.3 is 5.97 Å². The summed E-state index contributed by atoms with van der Waals surface area (Å²) in [5.74, 6) is -0.652. The Bertz CT molecular complexity index is 379. The maximum atomic E-state index is 11.1. The van der Waals surface area contributed by atoms with Gasteiger partial charge < -0.3 is 9.53 Å². The highest BCUT2D eigenvalue weighted by atomic mass is 28.4. The molecule has 128 valence electrons. The minimum absolute atomic E-state index is 0.0527. The fourth-order valence-electron chi connectivity index (χ4n) is 4.42. The van der Waals surface area contributed by atoms with Crippen molar-refractivity contribution in [3.8, 4) is 0 Å². The van der Waals surface area contributed by atoms with E-state index in [0.29, 0.717) is 16.6 Å². The fraction of sp³-hybridized carbons (Fsp3) is 0.833. The van der Waals surface area contributed by atoms with Crippen molar-refractivity contribution in [2.24, 2.45) is 5.92 Å². The topological polar surface area (TPSA) is 46.5 Å². The number of aliphatic carboxylic acids is 1. The van der Waals surface area contributed by atoms with Gasteiger partial charge in [-0.15, -0.1) is 0 Å². The molecule has 4 heteroatoms. The second-order valence-electron chi connectivity index (χ2n) is 7.72. The lowest BCUT2D eigenvalue weighted by atomic mass is 9.81. The summed E-state index contributed by atoms with van der Waals surface area (Å²) in [4.78, 5) is 11.1. The summed E-state index contributed by atoms with van der Waals surface area (Å²) in [6, 6.07) is 0. The molecule has 2 atom stereocenters. The molecule has 1 fully saturated rings. The van der Waals surface area contributed by atoms with Crippen LogP contribution in [0.5, 0.6) is 0 Å². The Morgan fingerprint density at radius 2 is 1.68 bits per heavy atom. The van der Waals surface area contributed by atoms with Crippen LogP contribution in [0.4, 0.5) is 0 Å². The van der Waals surface area contributed by atoms with E-state index >= 15 is 0 Å². The summed E-state index contributed by atoms with van der Waals surface area (Å²) in [5, 5.41) is 9.09. The van der Waals surface area contributed by atoms with Crippen molar-refractivity contribution in [2.45, 2.75) is 90.0 Å². The summed E-state index contributed by atoms with van der Waals surface area (Å²) < 4.78 is 6.83. The van der Waals surface area contributed by atoms with E-state index in [1.807, 2.05) is 0 Å². The molecule has 1 aliphatic rings. The Labute approximate surface area is 137 Å². The highest BCUT2D eigenvalue weighted by molar-refractivity contribution is 6.77. The van der Waals surface area contributed by atoms with Crippen LogP contribution in [0.2, 0.25) is 16.6 Å². The maximum Gasteiger partial charge on any atom is 0.303 e. The van der Waals surface area contributed by atoms with E-state index in [4.69, 9.17) is 9.53 Å². The highest BCUT2D eigenvalue weighted by Gasteiger charge is 2.47. The van der Waals surface area contributed by atoms with E-state index in [1.54, 1.807) is 0 Å². The van der Waals surface area contributed by atoms with E-state index in [0.717, 1.165) is 24.8 Å². The summed E-state index contributed by atoms with van der Waals surface area (Å²) in [5.41, 5.74) is 2.65. The molecule has 1 saturated carbocycles. The first-order valence-corrected chi connectivity index (χ1v) is 10.8. The van der Waals surface area contributed by atoms with Crippen molar-refractivity contribution in [2.75, 3.05) is 0 Å². The Balaban J connectivity index is 2.97. The van der Waals surface area contributed by atoms with E-state index in [2.05, 4.69) is 48.1 Å². The predicted octanol–water partition coefficient (Wildman–Crippen LogP) is 5.38. The van der Waals surface area contributed by atoms with Crippen LogP contribution in [0.1, 0.15) is 67.2 Å². The van der Waals surface area contributed by atoms with Crippen LogP contribution < -0.4 is 0 Å². The van der Waals surface area contributed by atoms with Crippen molar-refractivity contribution in [3.63, 3.8) is 0 Å². The normalized spacial score (nSPS) is 23.6. The van der Waals surface area contributed by atoms with Crippen molar-refractivity contribution < 1.29 is 14.3 Å². The molecule has 0 aliphatic heterocycles. The second-order valence-corrected chi connectivity index (χ2v) is 13.1. The fourth-order valence-corrected chi connectivity index (χ4v) is 10.00. The van der Waals surface area contributed by atoms with Crippen LogP contribution in [0.15, 0.2) is 12.2 Å². The lowest BCUT2D eigenvalue weighted by molar-refractivity contribution is -0.138. The van der Waals surface area contributed by atoms with Crippen LogP contribution in [0.3, 0.4) is 0 Å². The lowest BCUT2D eigenvalue weighted by Gasteiger charge is -2.46. The molecular weight excluding hydrogens is 292 g/mol. The Kier molecular flexibility index (Phi) is 6.87. The molecule has 0 aromatic heterocycles. The smallest absolute Gasteiger partial charge is 0.303 e. The molecular formula is C18H34O3Si. The summed E-state index contributed by atoms with van der Waals surface area (Å²) in [7, 11) is -1.93. The number of rotatable bonds is 7. The number of hydrogen-bond acceptors (Lipinski definition) is 2. The third-order valence-corrected chi connectivity index (χ3v) is 11.5. The van der Waals surface area contributed by atoms with Gasteiger partial charge in [-0.1, -0.05) is 48.1 Å². The average molecular weight is 327 g/mol. The predicted molar refractivity (Wildman–Crippen MR) is 94.7 cm³/mol. The Morgan fingerprint density at radius 1 is 1.18 bits per heavy atom. The monoisotopic (exact) mass is 326 g/mol. The Hall–Kier alpha value is -0.613. The van der Waals surface area contributed by atoms with E-state index < -0.39 is 14.3 Å². The zero-order valence-corrected chi connectivity index (χ0v) is 16.2. The second kappa shape index (κ2) is 7.78. The Morgan fingerprint density at radius 3 is 2.09 bits per heavy atom. The van der Waals surface area contributed by atoms with Gasteiger partial charge in [0.25, 0.3) is 0 Å². The van der Waals surface area contributed by atoms with Crippen LogP contribution in [-0.2, 0) is 9.22 Å². The molecule has 2 unspecified atom stereocenters. The average Bonchev–Trinajstić information content (AvgIpc) is 2.37. The first kappa shape index (κ1) is 19.4. The standard InChI is InChI=1S/C18H34O3Si/c1-12(2)22(13(3)4,14(5)6)21-17-10-8-9-16(15(17)7)11-18(19)20/h12-14,16-17H,7-11H2,1-6H3,(H,19,20). The third kappa shape index (κ3) is 4.02. The minimum atomic E-state index is -1.93. The number of hydrogen-bond donors (Lipinski definition) is 1. The molecule has 3 nitrogen and oxygen atoms in total. The quantitative estimate of drug-likeness (QED) is 0.505. The van der Waals surface area contributed by atoms with Gasteiger partial charge in [0.2, 0.25) is 8.32 Å². The van der Waals surface area contributed by atoms with Crippen molar-refractivity contribution in [3.05, 3.63) is 12.2 Å². The van der Waals surface area contributed by atoms with Gasteiger partial charge in [-0.3, -0.25) is 4.79 Å². The maximum absolute atomic E-state index is 11.1. The van der Waals surface area contributed by atoms with Gasteiger partial charge in [0.05, 0.1) is 12.5 Å². The van der Waals surface area contributed by atoms with Gasteiger partial charge in [0, 0.05) is 0 Å². The first-order valence-electron chi connectivity index (χ1n) is 8.71. The largest absolute Gasteiger partial charge is 0.481 e. The molecule has 0 aromatic carbocycles. The summed E-state index contributed by atoms with van der Waals surface area (Å²) >= 11 is 0. The first-order chi connectivity index (χ1) is 10.1. The van der Waals surface area contributed by atoms with Gasteiger partial charge in [-0.25, -0.2) is 0 Å². The third-order valence-electron chi connectivity index (χ3n) is 5.43. The van der Waals surface area contributed by atoms with Crippen LogP contribution in [-0.4, -0.2) is 25.5 Å². The van der Waals surface area contributed by atoms with E-state index in [9.17, 15) is 4.79 Å². The number of carboxylic acids is 1. The van der Waals surface area contributed by atoms with Crippen molar-refractivity contribution in [1.29, 1.82) is 0 Å². The van der Waals surface area contributed by atoms with Gasteiger partial charge in [-0.05, 0) is 47.4 Å². The van der Waals surface area contributed by atoms with Gasteiger partial charge in [0.15, 0.2) is 0 Å². The summed E-state index contributed by atoms with van der Waals surface area (Å²) in [6.07, 6.45) is 3.22. The van der Waals surface area contributed by atoms with Crippen LogP contribution in [0.25, 0.3) is 0 Å². The zero-order chi connectivity index (χ0) is 17.1. The van der Waals surface area contributed by atoms with E-state index in [-0.39, 0.29) is 18.4 Å². The van der Waals surface area contributed by atoms with Crippen molar-refractivity contribution >= 4 is 14.3 Å². The van der Waals surface area contributed by atoms with Gasteiger partial charge in [-0.2, -0.15) is 0 Å². The molecule has 0 radical (unpaired) electrons. The molecule has 0 aromatic rings. The van der Waals surface area contributed by atoms with Crippen LogP contribution >= 0.6 is 0 Å². The molecule has 0 spiro atoms. The molecule has 0 saturated heterocycles. The van der Waals surface area contributed by atoms with Crippen LogP contribution in [0, 0.1) is 5.92 Å². The molecule has 1 aliphatic carbocycles. The molecule has 0 amide bonds. The van der Waals surface area contributed by atoms with Gasteiger partial charge in [0.1, 0.15) is 0 Å². The van der Waals surface area contributed by atoms with E-state index in [1.165, 1.54) is 0 Å². The minimum Gasteiger partial charge on any atom is -0.481 e. The zero-order valence-electron chi connectivity index (χ0n) is 15.2. The molecule has 1 N–H and O–H groups in total. The number of carbonyl (C=O) groups is 1. The lowest BCUT2D eigenvalue weighted by Crippen LogP contribution is -2.51. The highest BCUT2D eigenvalue weighted by Crippen LogP contribution is 2.45. The molecule has 0 heterocycles. The number of carboxylic acid groups (broad SMARTS) is 1. The molecule has 22 heavy (non-hydrogen) atoms. The van der Waals surface area contributed by atoms with Crippen molar-refractivity contribution in [1.82, 2.24) is 0 Å². The summed E-state index contributed by atoms with van der Waals surface area (Å²) in [6.45, 7) is 17.9. The molecule has 0 bridgehead atoms.